The minimum absolute atomic E-state index is 0.0852. The number of methoxy groups -OCH3 is 1. The van der Waals surface area contributed by atoms with Crippen LogP contribution in [-0.2, 0) is 16.0 Å². The van der Waals surface area contributed by atoms with Crippen molar-refractivity contribution in [3.63, 3.8) is 0 Å². The van der Waals surface area contributed by atoms with Crippen molar-refractivity contribution < 1.29 is 14.3 Å². The fourth-order valence-electron chi connectivity index (χ4n) is 2.63. The molecule has 0 radical (unpaired) electrons. The predicted octanol–water partition coefficient (Wildman–Crippen LogP) is 1.12. The Labute approximate surface area is 137 Å². The number of carbonyl (C=O) groups excluding carboxylic acids is 2. The summed E-state index contributed by atoms with van der Waals surface area (Å²) < 4.78 is 4.71. The van der Waals surface area contributed by atoms with Gasteiger partial charge in [0.15, 0.2) is 0 Å². The summed E-state index contributed by atoms with van der Waals surface area (Å²) in [6.07, 6.45) is 1.02. The largest absolute Gasteiger partial charge is 0.453 e. The van der Waals surface area contributed by atoms with Gasteiger partial charge in [-0.15, -0.1) is 0 Å². The molecule has 6 heteroatoms. The highest BCUT2D eigenvalue weighted by Crippen LogP contribution is 2.03. The lowest BCUT2D eigenvalue weighted by Gasteiger charge is -2.33. The van der Waals surface area contributed by atoms with Gasteiger partial charge in [0.25, 0.3) is 0 Å². The van der Waals surface area contributed by atoms with E-state index in [0.717, 1.165) is 26.1 Å². The van der Waals surface area contributed by atoms with Gasteiger partial charge in [-0.1, -0.05) is 30.3 Å². The Kier molecular flexibility index (Phi) is 6.87. The van der Waals surface area contributed by atoms with Crippen LogP contribution in [0.1, 0.15) is 12.0 Å². The van der Waals surface area contributed by atoms with Crippen molar-refractivity contribution in [3.05, 3.63) is 35.9 Å². The second-order valence-electron chi connectivity index (χ2n) is 5.63. The molecule has 0 atom stereocenters. The normalized spacial score (nSPS) is 15.3. The molecule has 6 nitrogen and oxygen atoms in total. The summed E-state index contributed by atoms with van der Waals surface area (Å²) >= 11 is 0. The molecule has 2 rings (SSSR count). The first kappa shape index (κ1) is 17.3. The zero-order valence-electron chi connectivity index (χ0n) is 13.7. The smallest absolute Gasteiger partial charge is 0.409 e. The van der Waals surface area contributed by atoms with Gasteiger partial charge in [0.2, 0.25) is 5.91 Å². The molecule has 1 aromatic carbocycles. The third kappa shape index (κ3) is 5.90. The number of piperazine rings is 1. The quantitative estimate of drug-likeness (QED) is 0.853. The summed E-state index contributed by atoms with van der Waals surface area (Å²) in [4.78, 5) is 27.2. The minimum atomic E-state index is -0.265. The topological polar surface area (TPSA) is 61.9 Å². The maximum absolute atomic E-state index is 11.8. The molecular weight excluding hydrogens is 294 g/mol. The van der Waals surface area contributed by atoms with Gasteiger partial charge in [-0.05, 0) is 12.0 Å². The van der Waals surface area contributed by atoms with Crippen LogP contribution in [0.4, 0.5) is 4.79 Å². The van der Waals surface area contributed by atoms with Crippen molar-refractivity contribution in [2.24, 2.45) is 0 Å². The van der Waals surface area contributed by atoms with Crippen LogP contribution < -0.4 is 5.32 Å². The number of nitrogens with one attached hydrogen (secondary N) is 1. The van der Waals surface area contributed by atoms with Crippen LogP contribution in [0.5, 0.6) is 0 Å². The molecule has 1 fully saturated rings. The van der Waals surface area contributed by atoms with E-state index in [2.05, 4.69) is 10.2 Å². The SMILES string of the molecule is COC(=O)N1CCN(CCNC(=O)CCc2ccccc2)CC1. The Morgan fingerprint density at radius 2 is 1.83 bits per heavy atom. The van der Waals surface area contributed by atoms with Gasteiger partial charge in [0.05, 0.1) is 7.11 Å². The van der Waals surface area contributed by atoms with Crippen molar-refractivity contribution in [2.75, 3.05) is 46.4 Å². The molecule has 1 aromatic rings. The van der Waals surface area contributed by atoms with Gasteiger partial charge in [-0.3, -0.25) is 9.69 Å². The zero-order chi connectivity index (χ0) is 16.5. The van der Waals surface area contributed by atoms with Crippen LogP contribution in [0.2, 0.25) is 0 Å². The van der Waals surface area contributed by atoms with Crippen LogP contribution in [0, 0.1) is 0 Å². The number of ether oxygens (including phenoxy) is 1. The lowest BCUT2D eigenvalue weighted by molar-refractivity contribution is -0.121. The first-order valence-electron chi connectivity index (χ1n) is 8.05. The lowest BCUT2D eigenvalue weighted by Crippen LogP contribution is -2.50. The average molecular weight is 319 g/mol. The van der Waals surface area contributed by atoms with E-state index in [9.17, 15) is 9.59 Å². The van der Waals surface area contributed by atoms with Gasteiger partial charge in [-0.2, -0.15) is 0 Å². The number of amides is 2. The van der Waals surface area contributed by atoms with Gasteiger partial charge in [-0.25, -0.2) is 4.79 Å². The third-order valence-corrected chi connectivity index (χ3v) is 4.04. The van der Waals surface area contributed by atoms with Crippen molar-refractivity contribution in [3.8, 4) is 0 Å². The van der Waals surface area contributed by atoms with E-state index >= 15 is 0 Å². The summed E-state index contributed by atoms with van der Waals surface area (Å²) in [7, 11) is 1.40. The third-order valence-electron chi connectivity index (χ3n) is 4.04. The highest BCUT2D eigenvalue weighted by Gasteiger charge is 2.20. The second-order valence-corrected chi connectivity index (χ2v) is 5.63. The first-order valence-corrected chi connectivity index (χ1v) is 8.05. The number of benzene rings is 1. The molecular formula is C17H25N3O3. The second kappa shape index (κ2) is 9.15. The Bertz CT molecular complexity index is 499. The zero-order valence-corrected chi connectivity index (χ0v) is 13.7. The molecule has 1 aliphatic rings. The molecule has 0 aromatic heterocycles. The van der Waals surface area contributed by atoms with Crippen LogP contribution in [-0.4, -0.2) is 68.2 Å². The Morgan fingerprint density at radius 1 is 1.13 bits per heavy atom. The van der Waals surface area contributed by atoms with Gasteiger partial charge in [0.1, 0.15) is 0 Å². The van der Waals surface area contributed by atoms with E-state index < -0.39 is 0 Å². The molecule has 0 saturated carbocycles. The number of rotatable bonds is 6. The number of hydrogen-bond acceptors (Lipinski definition) is 4. The predicted molar refractivity (Wildman–Crippen MR) is 88.2 cm³/mol. The molecule has 23 heavy (non-hydrogen) atoms. The summed E-state index contributed by atoms with van der Waals surface area (Å²) in [5.74, 6) is 0.0852. The minimum Gasteiger partial charge on any atom is -0.453 e. The summed E-state index contributed by atoms with van der Waals surface area (Å²) in [5.41, 5.74) is 1.18. The molecule has 1 heterocycles. The Hall–Kier alpha value is -2.08. The van der Waals surface area contributed by atoms with Crippen LogP contribution in [0.25, 0.3) is 0 Å². The Morgan fingerprint density at radius 3 is 2.48 bits per heavy atom. The summed E-state index contributed by atoms with van der Waals surface area (Å²) in [6, 6.07) is 10.0. The number of carbonyl (C=O) groups is 2. The van der Waals surface area contributed by atoms with Gasteiger partial charge < -0.3 is 15.0 Å². The van der Waals surface area contributed by atoms with Crippen molar-refractivity contribution in [2.45, 2.75) is 12.8 Å². The number of hydrogen-bond donors (Lipinski definition) is 1. The molecule has 0 unspecified atom stereocenters. The van der Waals surface area contributed by atoms with Crippen LogP contribution in [0.15, 0.2) is 30.3 Å². The fraction of sp³-hybridized carbons (Fsp3) is 0.529. The first-order chi connectivity index (χ1) is 11.2. The molecule has 126 valence electrons. The highest BCUT2D eigenvalue weighted by molar-refractivity contribution is 5.76. The molecule has 1 saturated heterocycles. The molecule has 1 N–H and O–H groups in total. The fourth-order valence-corrected chi connectivity index (χ4v) is 2.63. The molecule has 0 spiro atoms. The van der Waals surface area contributed by atoms with Gasteiger partial charge >= 0.3 is 6.09 Å². The van der Waals surface area contributed by atoms with E-state index in [4.69, 9.17) is 4.74 Å². The molecule has 0 bridgehead atoms. The monoisotopic (exact) mass is 319 g/mol. The standard InChI is InChI=1S/C17H25N3O3/c1-23-17(22)20-13-11-19(12-14-20)10-9-18-16(21)8-7-15-5-3-2-4-6-15/h2-6H,7-14H2,1H3,(H,18,21). The van der Waals surface area contributed by atoms with E-state index in [-0.39, 0.29) is 12.0 Å². The van der Waals surface area contributed by atoms with E-state index in [1.165, 1.54) is 12.7 Å². The summed E-state index contributed by atoms with van der Waals surface area (Å²) in [5, 5.41) is 2.96. The van der Waals surface area contributed by atoms with Crippen molar-refractivity contribution in [1.29, 1.82) is 0 Å². The van der Waals surface area contributed by atoms with Gasteiger partial charge in [0, 0.05) is 45.7 Å². The number of aryl methyl sites for hydroxylation is 1. The van der Waals surface area contributed by atoms with E-state index in [1.807, 2.05) is 30.3 Å². The van der Waals surface area contributed by atoms with E-state index in [0.29, 0.717) is 26.1 Å². The van der Waals surface area contributed by atoms with E-state index in [1.54, 1.807) is 4.90 Å². The Balaban J connectivity index is 1.57. The molecule has 2 amide bonds. The van der Waals surface area contributed by atoms with Crippen LogP contribution in [0.3, 0.4) is 0 Å². The lowest BCUT2D eigenvalue weighted by atomic mass is 10.1. The molecule has 0 aliphatic carbocycles. The highest BCUT2D eigenvalue weighted by atomic mass is 16.5. The van der Waals surface area contributed by atoms with Crippen LogP contribution >= 0.6 is 0 Å². The molecule has 1 aliphatic heterocycles. The summed E-state index contributed by atoms with van der Waals surface area (Å²) in [6.45, 7) is 4.44. The maximum Gasteiger partial charge on any atom is 0.409 e. The average Bonchev–Trinajstić information content (AvgIpc) is 2.61. The number of nitrogens with zero attached hydrogens (tertiary/aromatic N) is 2. The van der Waals surface area contributed by atoms with Crippen molar-refractivity contribution >= 4 is 12.0 Å². The maximum atomic E-state index is 11.8. The van der Waals surface area contributed by atoms with Crippen molar-refractivity contribution in [1.82, 2.24) is 15.1 Å².